The zero-order valence-electron chi connectivity index (χ0n) is 11.7. The van der Waals surface area contributed by atoms with Gasteiger partial charge in [-0.05, 0) is 49.2 Å². The highest BCUT2D eigenvalue weighted by Gasteiger charge is 2.48. The van der Waals surface area contributed by atoms with Gasteiger partial charge in [0.1, 0.15) is 5.60 Å². The van der Waals surface area contributed by atoms with Gasteiger partial charge in [0.05, 0.1) is 9.79 Å². The average molecular weight is 317 g/mol. The predicted molar refractivity (Wildman–Crippen MR) is 81.1 cm³/mol. The molecule has 2 aromatic rings. The Balaban J connectivity index is 1.81. The number of hydrogen-bond acceptors (Lipinski definition) is 4. The van der Waals surface area contributed by atoms with Crippen LogP contribution in [0.3, 0.4) is 0 Å². The number of benzene rings is 2. The molecular weight excluding hydrogens is 302 g/mol. The van der Waals surface area contributed by atoms with E-state index in [2.05, 4.69) is 5.32 Å². The Morgan fingerprint density at radius 1 is 0.955 bits per heavy atom. The molecule has 5 nitrogen and oxygen atoms in total. The van der Waals surface area contributed by atoms with Crippen molar-refractivity contribution in [2.24, 2.45) is 0 Å². The summed E-state index contributed by atoms with van der Waals surface area (Å²) in [7, 11) is -3.56. The zero-order chi connectivity index (χ0) is 15.8. The summed E-state index contributed by atoms with van der Waals surface area (Å²) in [6, 6.07) is 14.1. The first kappa shape index (κ1) is 14.7. The van der Waals surface area contributed by atoms with Crippen LogP contribution in [0.15, 0.2) is 64.4 Å². The predicted octanol–water partition coefficient (Wildman–Crippen LogP) is 1.98. The summed E-state index contributed by atoms with van der Waals surface area (Å²) in [6.07, 6.45) is 0.915. The second kappa shape index (κ2) is 5.23. The number of nitrogens with one attached hydrogen (secondary N) is 1. The van der Waals surface area contributed by atoms with Crippen LogP contribution in [0.4, 0.5) is 5.69 Å². The van der Waals surface area contributed by atoms with Gasteiger partial charge in [-0.25, -0.2) is 8.42 Å². The highest BCUT2D eigenvalue weighted by atomic mass is 32.2. The Morgan fingerprint density at radius 2 is 1.50 bits per heavy atom. The molecule has 0 spiro atoms. The van der Waals surface area contributed by atoms with Gasteiger partial charge in [-0.3, -0.25) is 4.79 Å². The van der Waals surface area contributed by atoms with Gasteiger partial charge in [0, 0.05) is 5.69 Å². The van der Waals surface area contributed by atoms with Crippen molar-refractivity contribution in [3.05, 3.63) is 54.6 Å². The van der Waals surface area contributed by atoms with Crippen molar-refractivity contribution in [1.29, 1.82) is 0 Å². The maximum Gasteiger partial charge on any atom is 0.256 e. The molecule has 0 atom stereocenters. The van der Waals surface area contributed by atoms with Gasteiger partial charge in [0.2, 0.25) is 9.84 Å². The SMILES string of the molecule is O=C(Nc1ccc(S(=O)(=O)c2ccccc2)cc1)C1(O)CC1. The minimum absolute atomic E-state index is 0.154. The van der Waals surface area contributed by atoms with Crippen LogP contribution >= 0.6 is 0 Å². The van der Waals surface area contributed by atoms with Gasteiger partial charge >= 0.3 is 0 Å². The maximum atomic E-state index is 12.4. The number of anilines is 1. The Morgan fingerprint density at radius 3 is 2.05 bits per heavy atom. The van der Waals surface area contributed by atoms with Gasteiger partial charge in [-0.2, -0.15) is 0 Å². The molecule has 0 saturated heterocycles. The molecule has 0 aromatic heterocycles. The second-order valence-corrected chi connectivity index (χ2v) is 7.28. The normalized spacial score (nSPS) is 16.0. The smallest absolute Gasteiger partial charge is 0.256 e. The van der Waals surface area contributed by atoms with Gasteiger partial charge in [0.15, 0.2) is 0 Å². The first-order chi connectivity index (χ1) is 10.4. The summed E-state index contributed by atoms with van der Waals surface area (Å²) >= 11 is 0. The fraction of sp³-hybridized carbons (Fsp3) is 0.188. The summed E-state index contributed by atoms with van der Waals surface area (Å²) in [4.78, 5) is 12.1. The van der Waals surface area contributed by atoms with E-state index in [1.165, 1.54) is 36.4 Å². The highest BCUT2D eigenvalue weighted by molar-refractivity contribution is 7.91. The molecule has 1 fully saturated rings. The molecule has 0 unspecified atom stereocenters. The number of amides is 1. The number of aliphatic hydroxyl groups is 1. The number of hydrogen-bond donors (Lipinski definition) is 2. The summed E-state index contributed by atoms with van der Waals surface area (Å²) in [6.45, 7) is 0. The fourth-order valence-electron chi connectivity index (χ4n) is 2.05. The molecule has 0 aliphatic heterocycles. The van der Waals surface area contributed by atoms with Crippen molar-refractivity contribution in [3.8, 4) is 0 Å². The Bertz CT molecular complexity index is 794. The number of carbonyl (C=O) groups is 1. The summed E-state index contributed by atoms with van der Waals surface area (Å²) < 4.78 is 24.8. The van der Waals surface area contributed by atoms with E-state index >= 15 is 0 Å². The molecule has 114 valence electrons. The lowest BCUT2D eigenvalue weighted by molar-refractivity contribution is -0.125. The van der Waals surface area contributed by atoms with Crippen LogP contribution in [0, 0.1) is 0 Å². The van der Waals surface area contributed by atoms with E-state index in [0.29, 0.717) is 18.5 Å². The second-order valence-electron chi connectivity index (χ2n) is 5.33. The molecule has 0 heterocycles. The first-order valence-electron chi connectivity index (χ1n) is 6.86. The summed E-state index contributed by atoms with van der Waals surface area (Å²) in [5.41, 5.74) is -0.799. The van der Waals surface area contributed by atoms with Gasteiger partial charge in [-0.1, -0.05) is 18.2 Å². The third kappa shape index (κ3) is 2.75. The van der Waals surface area contributed by atoms with Crippen LogP contribution in [-0.2, 0) is 14.6 Å². The van der Waals surface area contributed by atoms with Crippen molar-refractivity contribution < 1.29 is 18.3 Å². The standard InChI is InChI=1S/C16H15NO4S/c18-15(16(19)10-11-16)17-12-6-8-14(9-7-12)22(20,21)13-4-2-1-3-5-13/h1-9,19H,10-11H2,(H,17,18). The van der Waals surface area contributed by atoms with E-state index < -0.39 is 21.3 Å². The van der Waals surface area contributed by atoms with Crippen LogP contribution in [0.25, 0.3) is 0 Å². The Hall–Kier alpha value is -2.18. The Labute approximate surface area is 128 Å². The number of sulfone groups is 1. The van der Waals surface area contributed by atoms with Crippen LogP contribution in [0.1, 0.15) is 12.8 Å². The fourth-order valence-corrected chi connectivity index (χ4v) is 3.33. The van der Waals surface area contributed by atoms with Gasteiger partial charge in [0.25, 0.3) is 5.91 Å². The van der Waals surface area contributed by atoms with E-state index in [1.54, 1.807) is 18.2 Å². The third-order valence-corrected chi connectivity index (χ3v) is 5.41. The van der Waals surface area contributed by atoms with Crippen LogP contribution in [0.2, 0.25) is 0 Å². The average Bonchev–Trinajstić information content (AvgIpc) is 3.28. The van der Waals surface area contributed by atoms with Crippen molar-refractivity contribution in [1.82, 2.24) is 0 Å². The van der Waals surface area contributed by atoms with Crippen LogP contribution < -0.4 is 5.32 Å². The molecule has 0 radical (unpaired) electrons. The topological polar surface area (TPSA) is 83.5 Å². The summed E-state index contributed by atoms with van der Waals surface area (Å²) in [5, 5.41) is 12.3. The lowest BCUT2D eigenvalue weighted by Crippen LogP contribution is -2.29. The molecule has 1 aliphatic rings. The quantitative estimate of drug-likeness (QED) is 0.903. The molecule has 1 aliphatic carbocycles. The molecule has 22 heavy (non-hydrogen) atoms. The zero-order valence-corrected chi connectivity index (χ0v) is 12.5. The number of rotatable bonds is 4. The molecule has 2 N–H and O–H groups in total. The first-order valence-corrected chi connectivity index (χ1v) is 8.34. The largest absolute Gasteiger partial charge is 0.380 e. The summed E-state index contributed by atoms with van der Waals surface area (Å²) in [5.74, 6) is -0.453. The van der Waals surface area contributed by atoms with Crippen LogP contribution in [0.5, 0.6) is 0 Å². The number of carbonyl (C=O) groups excluding carboxylic acids is 1. The molecule has 1 amide bonds. The molecule has 2 aromatic carbocycles. The van der Waals surface area contributed by atoms with Crippen molar-refractivity contribution in [2.75, 3.05) is 5.32 Å². The minimum atomic E-state index is -3.56. The van der Waals surface area contributed by atoms with Crippen molar-refractivity contribution in [3.63, 3.8) is 0 Å². The lowest BCUT2D eigenvalue weighted by atomic mass is 10.2. The van der Waals surface area contributed by atoms with E-state index in [4.69, 9.17) is 0 Å². The maximum absolute atomic E-state index is 12.4. The molecule has 1 saturated carbocycles. The van der Waals surface area contributed by atoms with Crippen molar-refractivity contribution >= 4 is 21.4 Å². The Kier molecular flexibility index (Phi) is 3.50. The highest BCUT2D eigenvalue weighted by Crippen LogP contribution is 2.36. The molecule has 6 heteroatoms. The van der Waals surface area contributed by atoms with E-state index in [-0.39, 0.29) is 9.79 Å². The lowest BCUT2D eigenvalue weighted by Gasteiger charge is -2.10. The molecular formula is C16H15NO4S. The van der Waals surface area contributed by atoms with Crippen molar-refractivity contribution in [2.45, 2.75) is 28.2 Å². The van der Waals surface area contributed by atoms with Gasteiger partial charge < -0.3 is 10.4 Å². The van der Waals surface area contributed by atoms with E-state index in [0.717, 1.165) is 0 Å². The van der Waals surface area contributed by atoms with Gasteiger partial charge in [-0.15, -0.1) is 0 Å². The van der Waals surface area contributed by atoms with E-state index in [9.17, 15) is 18.3 Å². The molecule has 0 bridgehead atoms. The molecule has 3 rings (SSSR count). The third-order valence-electron chi connectivity index (χ3n) is 3.62. The minimum Gasteiger partial charge on any atom is -0.380 e. The van der Waals surface area contributed by atoms with E-state index in [1.807, 2.05) is 0 Å². The van der Waals surface area contributed by atoms with Crippen LogP contribution in [-0.4, -0.2) is 25.0 Å². The monoisotopic (exact) mass is 317 g/mol.